The van der Waals surface area contributed by atoms with E-state index in [-0.39, 0.29) is 18.7 Å². The van der Waals surface area contributed by atoms with Crippen molar-refractivity contribution in [1.29, 1.82) is 0 Å². The highest BCUT2D eigenvalue weighted by Gasteiger charge is 2.16. The van der Waals surface area contributed by atoms with Crippen LogP contribution in [0, 0.1) is 20.8 Å². The number of aryl methyl sites for hydroxylation is 3. The molecule has 0 atom stereocenters. The molecule has 2 aromatic heterocycles. The molecule has 7 heteroatoms. The lowest BCUT2D eigenvalue weighted by Crippen LogP contribution is -2.28. The van der Waals surface area contributed by atoms with Crippen LogP contribution in [0.5, 0.6) is 0 Å². The van der Waals surface area contributed by atoms with E-state index in [4.69, 9.17) is 9.47 Å². The van der Waals surface area contributed by atoms with Gasteiger partial charge in [-0.2, -0.15) is 0 Å². The first kappa shape index (κ1) is 15.7. The van der Waals surface area contributed by atoms with Gasteiger partial charge in [-0.15, -0.1) is 11.3 Å². The second kappa shape index (κ2) is 6.36. The number of hydrogen-bond acceptors (Lipinski definition) is 6. The van der Waals surface area contributed by atoms with Crippen LogP contribution in [-0.2, 0) is 20.8 Å². The number of carbonyl (C=O) groups excluding carboxylic acids is 1. The van der Waals surface area contributed by atoms with Gasteiger partial charge in [0.15, 0.2) is 0 Å². The minimum atomic E-state index is -0.469. The topological polar surface area (TPSA) is 70.4 Å². The molecule has 0 unspecified atom stereocenters. The molecule has 2 rings (SSSR count). The Labute approximate surface area is 126 Å². The number of esters is 1. The first-order valence-corrected chi connectivity index (χ1v) is 7.39. The maximum atomic E-state index is 12.5. The van der Waals surface area contributed by atoms with Gasteiger partial charge >= 0.3 is 5.97 Å². The summed E-state index contributed by atoms with van der Waals surface area (Å²) in [6.45, 7) is 5.95. The Morgan fingerprint density at radius 3 is 2.67 bits per heavy atom. The van der Waals surface area contributed by atoms with Gasteiger partial charge in [-0.1, -0.05) is 0 Å². The number of methoxy groups -OCH3 is 1. The summed E-state index contributed by atoms with van der Waals surface area (Å²) >= 11 is 1.49. The zero-order valence-corrected chi connectivity index (χ0v) is 13.4. The molecule has 0 fully saturated rings. The fourth-order valence-corrected chi connectivity index (χ4v) is 3.09. The number of ether oxygens (including phenoxy) is 2. The van der Waals surface area contributed by atoms with Crippen molar-refractivity contribution in [2.45, 2.75) is 27.3 Å². The number of aromatic nitrogens is 2. The molecule has 0 N–H and O–H groups in total. The Hall–Kier alpha value is -1.73. The summed E-state index contributed by atoms with van der Waals surface area (Å²) in [6.07, 6.45) is 0. The van der Waals surface area contributed by atoms with E-state index in [1.54, 1.807) is 6.92 Å². The van der Waals surface area contributed by atoms with E-state index in [9.17, 15) is 9.59 Å². The predicted molar refractivity (Wildman–Crippen MR) is 80.9 cm³/mol. The van der Waals surface area contributed by atoms with Crippen molar-refractivity contribution in [1.82, 2.24) is 9.55 Å². The van der Waals surface area contributed by atoms with Crippen molar-refractivity contribution >= 4 is 27.5 Å². The Morgan fingerprint density at radius 1 is 1.29 bits per heavy atom. The molecule has 6 nitrogen and oxygen atoms in total. The highest BCUT2D eigenvalue weighted by molar-refractivity contribution is 7.18. The van der Waals surface area contributed by atoms with E-state index in [0.717, 1.165) is 15.3 Å². The summed E-state index contributed by atoms with van der Waals surface area (Å²) in [5.41, 5.74) is 0.733. The van der Waals surface area contributed by atoms with Gasteiger partial charge < -0.3 is 9.47 Å². The molecule has 0 spiro atoms. The lowest BCUT2D eigenvalue weighted by atomic mass is 10.2. The predicted octanol–water partition coefficient (Wildman–Crippen LogP) is 1.57. The van der Waals surface area contributed by atoms with E-state index in [2.05, 4.69) is 4.98 Å². The van der Waals surface area contributed by atoms with Gasteiger partial charge in [0.1, 0.15) is 23.8 Å². The van der Waals surface area contributed by atoms with Gasteiger partial charge in [-0.05, 0) is 26.3 Å². The standard InChI is InChI=1S/C14H18N2O4S/c1-8-9(2)21-13-12(8)14(18)16(10(3)15-13)7-11(17)20-6-5-19-4/h5-7H2,1-4H3. The number of rotatable bonds is 5. The third-order valence-corrected chi connectivity index (χ3v) is 4.42. The number of nitrogens with zero attached hydrogens (tertiary/aromatic N) is 2. The fourth-order valence-electron chi connectivity index (χ4n) is 2.03. The van der Waals surface area contributed by atoms with Crippen molar-refractivity contribution in [3.8, 4) is 0 Å². The Morgan fingerprint density at radius 2 is 2.00 bits per heavy atom. The molecule has 21 heavy (non-hydrogen) atoms. The average Bonchev–Trinajstić information content (AvgIpc) is 2.70. The number of carbonyl (C=O) groups is 1. The van der Waals surface area contributed by atoms with Crippen LogP contribution in [0.25, 0.3) is 10.2 Å². The molecule has 0 aliphatic rings. The Balaban J connectivity index is 2.34. The minimum absolute atomic E-state index is 0.133. The van der Waals surface area contributed by atoms with Gasteiger partial charge in [0.05, 0.1) is 12.0 Å². The van der Waals surface area contributed by atoms with Crippen LogP contribution >= 0.6 is 11.3 Å². The summed E-state index contributed by atoms with van der Waals surface area (Å²) in [6, 6.07) is 0. The zero-order valence-electron chi connectivity index (χ0n) is 12.6. The SMILES string of the molecule is COCCOC(=O)Cn1c(C)nc2sc(C)c(C)c2c1=O. The summed E-state index contributed by atoms with van der Waals surface area (Å²) in [5, 5.41) is 0.591. The lowest BCUT2D eigenvalue weighted by Gasteiger charge is -2.09. The molecular weight excluding hydrogens is 292 g/mol. The van der Waals surface area contributed by atoms with Gasteiger partial charge in [0.25, 0.3) is 5.56 Å². The molecule has 0 aliphatic heterocycles. The number of hydrogen-bond donors (Lipinski definition) is 0. The molecule has 0 aromatic carbocycles. The quantitative estimate of drug-likeness (QED) is 0.619. The first-order valence-electron chi connectivity index (χ1n) is 6.57. The van der Waals surface area contributed by atoms with Crippen molar-refractivity contribution in [3.05, 3.63) is 26.6 Å². The van der Waals surface area contributed by atoms with Crippen molar-refractivity contribution < 1.29 is 14.3 Å². The first-order chi connectivity index (χ1) is 9.95. The van der Waals surface area contributed by atoms with Gasteiger partial charge in [-0.3, -0.25) is 14.2 Å². The van der Waals surface area contributed by atoms with Gasteiger partial charge in [0.2, 0.25) is 0 Å². The summed E-state index contributed by atoms with van der Waals surface area (Å²) in [7, 11) is 1.53. The summed E-state index contributed by atoms with van der Waals surface area (Å²) < 4.78 is 11.2. The molecule has 2 aromatic rings. The molecule has 0 saturated heterocycles. The van der Waals surface area contributed by atoms with E-state index in [1.807, 2.05) is 13.8 Å². The van der Waals surface area contributed by atoms with E-state index in [0.29, 0.717) is 17.8 Å². The summed E-state index contributed by atoms with van der Waals surface area (Å²) in [5.74, 6) is 0.0421. The average molecular weight is 310 g/mol. The highest BCUT2D eigenvalue weighted by Crippen LogP contribution is 2.26. The number of fused-ring (bicyclic) bond motifs is 1. The third kappa shape index (κ3) is 3.14. The van der Waals surface area contributed by atoms with E-state index in [1.165, 1.54) is 23.0 Å². The van der Waals surface area contributed by atoms with Crippen LogP contribution in [0.1, 0.15) is 16.3 Å². The molecule has 0 bridgehead atoms. The van der Waals surface area contributed by atoms with Crippen molar-refractivity contribution in [3.63, 3.8) is 0 Å². The lowest BCUT2D eigenvalue weighted by molar-refractivity contribution is -0.145. The molecule has 0 saturated carbocycles. The van der Waals surface area contributed by atoms with Crippen LogP contribution in [-0.4, -0.2) is 35.8 Å². The Bertz CT molecular complexity index is 733. The molecule has 0 amide bonds. The largest absolute Gasteiger partial charge is 0.462 e. The maximum Gasteiger partial charge on any atom is 0.326 e. The third-order valence-electron chi connectivity index (χ3n) is 3.32. The smallest absolute Gasteiger partial charge is 0.326 e. The van der Waals surface area contributed by atoms with Crippen molar-refractivity contribution in [2.24, 2.45) is 0 Å². The molecule has 0 aliphatic carbocycles. The van der Waals surface area contributed by atoms with E-state index >= 15 is 0 Å². The van der Waals surface area contributed by atoms with Gasteiger partial charge in [0, 0.05) is 12.0 Å². The van der Waals surface area contributed by atoms with Crippen LogP contribution in [0.3, 0.4) is 0 Å². The molecule has 114 valence electrons. The summed E-state index contributed by atoms with van der Waals surface area (Å²) in [4.78, 5) is 30.5. The monoisotopic (exact) mass is 310 g/mol. The molecule has 0 radical (unpaired) electrons. The molecular formula is C14H18N2O4S. The zero-order chi connectivity index (χ0) is 15.6. The fraction of sp³-hybridized carbons (Fsp3) is 0.500. The maximum absolute atomic E-state index is 12.5. The normalized spacial score (nSPS) is 11.0. The minimum Gasteiger partial charge on any atom is -0.462 e. The van der Waals surface area contributed by atoms with Crippen LogP contribution < -0.4 is 5.56 Å². The second-order valence-electron chi connectivity index (χ2n) is 4.73. The van der Waals surface area contributed by atoms with Gasteiger partial charge in [-0.25, -0.2) is 4.98 Å². The number of thiophene rings is 1. The Kier molecular flexibility index (Phi) is 4.74. The second-order valence-corrected chi connectivity index (χ2v) is 5.93. The van der Waals surface area contributed by atoms with Crippen LogP contribution in [0.15, 0.2) is 4.79 Å². The van der Waals surface area contributed by atoms with Crippen LogP contribution in [0.4, 0.5) is 0 Å². The van der Waals surface area contributed by atoms with Crippen molar-refractivity contribution in [2.75, 3.05) is 20.3 Å². The highest BCUT2D eigenvalue weighted by atomic mass is 32.1. The van der Waals surface area contributed by atoms with Crippen LogP contribution in [0.2, 0.25) is 0 Å². The molecule has 2 heterocycles. The van der Waals surface area contributed by atoms with E-state index < -0.39 is 5.97 Å².